The molecule has 0 bridgehead atoms. The highest BCUT2D eigenvalue weighted by Crippen LogP contribution is 2.17. The molecule has 0 aliphatic rings. The highest BCUT2D eigenvalue weighted by Gasteiger charge is 2.15. The van der Waals surface area contributed by atoms with Crippen LogP contribution in [0.25, 0.3) is 0 Å². The van der Waals surface area contributed by atoms with Crippen LogP contribution in [0.4, 0.5) is 0 Å². The average molecular weight is 273 g/mol. The van der Waals surface area contributed by atoms with Crippen molar-refractivity contribution in [3.05, 3.63) is 41.7 Å². The highest BCUT2D eigenvalue weighted by molar-refractivity contribution is 5.21. The van der Waals surface area contributed by atoms with E-state index in [1.54, 1.807) is 6.33 Å². The molecule has 0 spiro atoms. The van der Waals surface area contributed by atoms with Crippen LogP contribution in [0.3, 0.4) is 0 Å². The fourth-order valence-corrected chi connectivity index (χ4v) is 2.28. The zero-order chi connectivity index (χ0) is 14.5. The van der Waals surface area contributed by atoms with Crippen LogP contribution in [-0.4, -0.2) is 26.8 Å². The lowest BCUT2D eigenvalue weighted by molar-refractivity contribution is 0.451. The lowest BCUT2D eigenvalue weighted by Crippen LogP contribution is -2.22. The monoisotopic (exact) mass is 273 g/mol. The zero-order valence-electron chi connectivity index (χ0n) is 12.7. The predicted octanol–water partition coefficient (Wildman–Crippen LogP) is 2.14. The van der Waals surface area contributed by atoms with Crippen molar-refractivity contribution in [2.75, 3.05) is 7.05 Å². The summed E-state index contributed by atoms with van der Waals surface area (Å²) < 4.78 is 2.00. The molecule has 2 rings (SSSR count). The smallest absolute Gasteiger partial charge is 0.138 e. The SMILES string of the molecule is CNC(Cc1ncnn1CC(C)C)c1cncc(C)c1. The van der Waals surface area contributed by atoms with Crippen LogP contribution in [0.1, 0.15) is 36.8 Å². The van der Waals surface area contributed by atoms with Crippen LogP contribution in [-0.2, 0) is 13.0 Å². The second kappa shape index (κ2) is 6.61. The van der Waals surface area contributed by atoms with Crippen molar-refractivity contribution in [1.82, 2.24) is 25.1 Å². The number of nitrogens with zero attached hydrogens (tertiary/aromatic N) is 4. The molecular weight excluding hydrogens is 250 g/mol. The van der Waals surface area contributed by atoms with Gasteiger partial charge in [0.1, 0.15) is 12.2 Å². The molecule has 0 aliphatic heterocycles. The molecule has 2 heterocycles. The van der Waals surface area contributed by atoms with E-state index >= 15 is 0 Å². The lowest BCUT2D eigenvalue weighted by atomic mass is 10.0. The van der Waals surface area contributed by atoms with Gasteiger partial charge in [0, 0.05) is 31.4 Å². The van der Waals surface area contributed by atoms with Crippen molar-refractivity contribution in [3.63, 3.8) is 0 Å². The molecule has 0 saturated heterocycles. The van der Waals surface area contributed by atoms with Crippen LogP contribution in [0, 0.1) is 12.8 Å². The minimum atomic E-state index is 0.206. The molecule has 0 radical (unpaired) electrons. The van der Waals surface area contributed by atoms with E-state index in [1.807, 2.05) is 24.1 Å². The molecule has 108 valence electrons. The maximum absolute atomic E-state index is 4.40. The Labute approximate surface area is 120 Å². The topological polar surface area (TPSA) is 55.6 Å². The van der Waals surface area contributed by atoms with Gasteiger partial charge < -0.3 is 5.32 Å². The fraction of sp³-hybridized carbons (Fsp3) is 0.533. The number of rotatable bonds is 6. The normalized spacial score (nSPS) is 12.8. The van der Waals surface area contributed by atoms with E-state index in [-0.39, 0.29) is 6.04 Å². The third-order valence-electron chi connectivity index (χ3n) is 3.27. The molecular formula is C15H23N5. The molecule has 0 fully saturated rings. The van der Waals surface area contributed by atoms with Crippen LogP contribution in [0.15, 0.2) is 24.8 Å². The summed E-state index contributed by atoms with van der Waals surface area (Å²) in [4.78, 5) is 8.67. The van der Waals surface area contributed by atoms with E-state index < -0.39 is 0 Å². The molecule has 1 atom stereocenters. The quantitative estimate of drug-likeness (QED) is 0.876. The molecule has 0 aromatic carbocycles. The maximum Gasteiger partial charge on any atom is 0.138 e. The first-order chi connectivity index (χ1) is 9.60. The molecule has 2 aromatic rings. The molecule has 0 saturated carbocycles. The van der Waals surface area contributed by atoms with Gasteiger partial charge >= 0.3 is 0 Å². The standard InChI is InChI=1S/C15H23N5/c1-11(2)9-20-15(18-10-19-20)6-14(16-4)13-5-12(3)7-17-8-13/h5,7-8,10-11,14,16H,6,9H2,1-4H3. The minimum Gasteiger partial charge on any atom is -0.313 e. The summed E-state index contributed by atoms with van der Waals surface area (Å²) in [5.74, 6) is 1.57. The number of likely N-dealkylation sites (N-methyl/N-ethyl adjacent to an activating group) is 1. The summed E-state index contributed by atoms with van der Waals surface area (Å²) >= 11 is 0. The number of aryl methyl sites for hydroxylation is 1. The number of hydrogen-bond acceptors (Lipinski definition) is 4. The van der Waals surface area contributed by atoms with Gasteiger partial charge in [-0.1, -0.05) is 19.9 Å². The molecule has 5 nitrogen and oxygen atoms in total. The number of hydrogen-bond donors (Lipinski definition) is 1. The molecule has 1 unspecified atom stereocenters. The largest absolute Gasteiger partial charge is 0.313 e. The Morgan fingerprint density at radius 3 is 2.75 bits per heavy atom. The second-order valence-electron chi connectivity index (χ2n) is 5.59. The maximum atomic E-state index is 4.40. The van der Waals surface area contributed by atoms with Crippen molar-refractivity contribution in [3.8, 4) is 0 Å². The Morgan fingerprint density at radius 1 is 1.30 bits per heavy atom. The van der Waals surface area contributed by atoms with Gasteiger partial charge in [0.15, 0.2) is 0 Å². The van der Waals surface area contributed by atoms with E-state index in [0.29, 0.717) is 5.92 Å². The lowest BCUT2D eigenvalue weighted by Gasteiger charge is -2.17. The van der Waals surface area contributed by atoms with E-state index in [4.69, 9.17) is 0 Å². The Kier molecular flexibility index (Phi) is 4.84. The Bertz CT molecular complexity index is 547. The molecule has 0 amide bonds. The summed E-state index contributed by atoms with van der Waals surface area (Å²) in [5.41, 5.74) is 2.36. The van der Waals surface area contributed by atoms with E-state index in [2.05, 4.69) is 47.2 Å². The van der Waals surface area contributed by atoms with Gasteiger partial charge in [0.05, 0.1) is 0 Å². The van der Waals surface area contributed by atoms with E-state index in [9.17, 15) is 0 Å². The van der Waals surface area contributed by atoms with E-state index in [1.165, 1.54) is 11.1 Å². The first-order valence-electron chi connectivity index (χ1n) is 7.05. The number of pyridine rings is 1. The second-order valence-corrected chi connectivity index (χ2v) is 5.59. The third kappa shape index (κ3) is 3.63. The van der Waals surface area contributed by atoms with Crippen LogP contribution < -0.4 is 5.32 Å². The average Bonchev–Trinajstić information content (AvgIpc) is 2.82. The minimum absolute atomic E-state index is 0.206. The number of nitrogens with one attached hydrogen (secondary N) is 1. The zero-order valence-corrected chi connectivity index (χ0v) is 12.7. The van der Waals surface area contributed by atoms with Gasteiger partial charge in [-0.3, -0.25) is 4.98 Å². The van der Waals surface area contributed by atoms with Gasteiger partial charge in [0.2, 0.25) is 0 Å². The van der Waals surface area contributed by atoms with Gasteiger partial charge in [-0.2, -0.15) is 5.10 Å². The van der Waals surface area contributed by atoms with Gasteiger partial charge in [-0.25, -0.2) is 9.67 Å². The summed E-state index contributed by atoms with van der Waals surface area (Å²) in [6.45, 7) is 7.33. The van der Waals surface area contributed by atoms with Gasteiger partial charge in [0.25, 0.3) is 0 Å². The van der Waals surface area contributed by atoms with Crippen LogP contribution in [0.5, 0.6) is 0 Å². The highest BCUT2D eigenvalue weighted by atomic mass is 15.3. The summed E-state index contributed by atoms with van der Waals surface area (Å²) in [7, 11) is 1.97. The van der Waals surface area contributed by atoms with Crippen molar-refractivity contribution in [1.29, 1.82) is 0 Å². The fourth-order valence-electron chi connectivity index (χ4n) is 2.28. The van der Waals surface area contributed by atoms with Gasteiger partial charge in [-0.15, -0.1) is 0 Å². The van der Waals surface area contributed by atoms with Crippen molar-refractivity contribution >= 4 is 0 Å². The molecule has 2 aromatic heterocycles. The third-order valence-corrected chi connectivity index (χ3v) is 3.27. The van der Waals surface area contributed by atoms with Crippen molar-refractivity contribution in [2.45, 2.75) is 39.8 Å². The first kappa shape index (κ1) is 14.7. The summed E-state index contributed by atoms with van der Waals surface area (Å²) in [6.07, 6.45) is 6.24. The van der Waals surface area contributed by atoms with Crippen LogP contribution >= 0.6 is 0 Å². The molecule has 0 aliphatic carbocycles. The first-order valence-corrected chi connectivity index (χ1v) is 7.05. The Hall–Kier alpha value is -1.75. The number of aromatic nitrogens is 4. The van der Waals surface area contributed by atoms with Crippen molar-refractivity contribution in [2.24, 2.45) is 5.92 Å². The molecule has 20 heavy (non-hydrogen) atoms. The van der Waals surface area contributed by atoms with Gasteiger partial charge in [-0.05, 0) is 31.0 Å². The summed E-state index contributed by atoms with van der Waals surface area (Å²) in [5, 5.41) is 7.66. The summed E-state index contributed by atoms with van der Waals surface area (Å²) in [6, 6.07) is 2.37. The Balaban J connectivity index is 2.16. The molecule has 1 N–H and O–H groups in total. The predicted molar refractivity (Wildman–Crippen MR) is 79.3 cm³/mol. The van der Waals surface area contributed by atoms with Crippen molar-refractivity contribution < 1.29 is 0 Å². The van der Waals surface area contributed by atoms with E-state index in [0.717, 1.165) is 18.8 Å². The van der Waals surface area contributed by atoms with Crippen LogP contribution in [0.2, 0.25) is 0 Å². The molecule has 5 heteroatoms. The Morgan fingerprint density at radius 2 is 2.10 bits per heavy atom.